The molecule has 2 rings (SSSR count). The lowest BCUT2D eigenvalue weighted by Gasteiger charge is -2.26. The fraction of sp³-hybridized carbons (Fsp3) is 0.533. The highest BCUT2D eigenvalue weighted by atomic mass is 32.2. The fourth-order valence-electron chi connectivity index (χ4n) is 2.68. The molecule has 1 atom stereocenters. The van der Waals surface area contributed by atoms with Gasteiger partial charge in [-0.3, -0.25) is 4.79 Å². The van der Waals surface area contributed by atoms with Gasteiger partial charge in [-0.25, -0.2) is 8.42 Å². The maximum absolute atomic E-state index is 12.7. The quantitative estimate of drug-likeness (QED) is 0.883. The Hall–Kier alpha value is -1.40. The number of nitrogens with two attached hydrogens (primary N) is 1. The molecule has 1 amide bonds. The second kappa shape index (κ2) is 6.58. The summed E-state index contributed by atoms with van der Waals surface area (Å²) in [5.41, 5.74) is 7.41. The topological polar surface area (TPSA) is 80.5 Å². The van der Waals surface area contributed by atoms with E-state index in [0.29, 0.717) is 25.9 Å². The molecule has 2 N–H and O–H groups in total. The van der Waals surface area contributed by atoms with E-state index in [2.05, 4.69) is 0 Å². The van der Waals surface area contributed by atoms with Crippen molar-refractivity contribution in [2.75, 3.05) is 29.5 Å². The molecular formula is C15H22N2O3S. The van der Waals surface area contributed by atoms with Crippen LogP contribution in [-0.2, 0) is 14.6 Å². The Kier molecular flexibility index (Phi) is 5.00. The summed E-state index contributed by atoms with van der Waals surface area (Å²) < 4.78 is 23.2. The van der Waals surface area contributed by atoms with Crippen LogP contribution in [-0.4, -0.2) is 38.9 Å². The summed E-state index contributed by atoms with van der Waals surface area (Å²) in [6.45, 7) is 2.97. The largest absolute Gasteiger partial charge is 0.330 e. The van der Waals surface area contributed by atoms with Gasteiger partial charge in [0.1, 0.15) is 0 Å². The number of carbonyl (C=O) groups excluding carboxylic acids is 1. The van der Waals surface area contributed by atoms with Crippen molar-refractivity contribution >= 4 is 21.4 Å². The summed E-state index contributed by atoms with van der Waals surface area (Å²) in [6, 6.07) is 7.65. The highest BCUT2D eigenvalue weighted by Crippen LogP contribution is 2.26. The molecule has 6 heteroatoms. The average Bonchev–Trinajstić information content (AvgIpc) is 2.81. The first kappa shape index (κ1) is 16.0. The van der Waals surface area contributed by atoms with Crippen molar-refractivity contribution in [2.24, 2.45) is 11.7 Å². The SMILES string of the molecule is Cc1ccccc1N(CCCN)C(=O)C1CCS(=O)(=O)C1. The van der Waals surface area contributed by atoms with Crippen molar-refractivity contribution < 1.29 is 13.2 Å². The molecular weight excluding hydrogens is 288 g/mol. The third-order valence-corrected chi connectivity index (χ3v) is 5.61. The van der Waals surface area contributed by atoms with Gasteiger partial charge in [-0.1, -0.05) is 18.2 Å². The number of sulfone groups is 1. The molecule has 1 aromatic carbocycles. The molecule has 0 saturated carbocycles. The second-order valence-electron chi connectivity index (χ2n) is 5.52. The standard InChI is InChI=1S/C15H22N2O3S/c1-12-5-2-3-6-14(12)17(9-4-8-16)15(18)13-7-10-21(19,20)11-13/h2-3,5-6,13H,4,7-11,16H2,1H3. The second-order valence-corrected chi connectivity index (χ2v) is 7.75. The van der Waals surface area contributed by atoms with E-state index in [1.165, 1.54) is 0 Å². The van der Waals surface area contributed by atoms with E-state index in [-0.39, 0.29) is 17.4 Å². The Labute approximate surface area is 126 Å². The first-order valence-electron chi connectivity index (χ1n) is 7.22. The molecule has 21 heavy (non-hydrogen) atoms. The molecule has 0 aromatic heterocycles. The average molecular weight is 310 g/mol. The molecule has 0 radical (unpaired) electrons. The summed E-state index contributed by atoms with van der Waals surface area (Å²) in [5.74, 6) is -0.440. The molecule has 0 aliphatic carbocycles. The number of para-hydroxylation sites is 1. The van der Waals surface area contributed by atoms with E-state index in [4.69, 9.17) is 5.73 Å². The minimum atomic E-state index is -3.06. The lowest BCUT2D eigenvalue weighted by atomic mass is 10.1. The number of hydrogen-bond donors (Lipinski definition) is 1. The predicted molar refractivity (Wildman–Crippen MR) is 84.0 cm³/mol. The first-order valence-corrected chi connectivity index (χ1v) is 9.04. The first-order chi connectivity index (χ1) is 9.94. The maximum Gasteiger partial charge on any atom is 0.231 e. The van der Waals surface area contributed by atoms with Gasteiger partial charge in [0.2, 0.25) is 5.91 Å². The van der Waals surface area contributed by atoms with E-state index >= 15 is 0 Å². The molecule has 5 nitrogen and oxygen atoms in total. The monoisotopic (exact) mass is 310 g/mol. The number of carbonyl (C=O) groups is 1. The van der Waals surface area contributed by atoms with Gasteiger partial charge in [-0.2, -0.15) is 0 Å². The molecule has 0 bridgehead atoms. The summed E-state index contributed by atoms with van der Waals surface area (Å²) in [6.07, 6.45) is 1.12. The zero-order chi connectivity index (χ0) is 15.5. The molecule has 1 unspecified atom stereocenters. The van der Waals surface area contributed by atoms with Crippen LogP contribution in [0.15, 0.2) is 24.3 Å². The minimum absolute atomic E-state index is 0.0309. The van der Waals surface area contributed by atoms with Crippen LogP contribution in [0.5, 0.6) is 0 Å². The molecule has 116 valence electrons. The van der Waals surface area contributed by atoms with Crippen LogP contribution in [0.2, 0.25) is 0 Å². The predicted octanol–water partition coefficient (Wildman–Crippen LogP) is 1.11. The Balaban J connectivity index is 2.24. The van der Waals surface area contributed by atoms with Gasteiger partial charge in [0.05, 0.1) is 17.4 Å². The molecule has 0 spiro atoms. The zero-order valence-electron chi connectivity index (χ0n) is 12.3. The van der Waals surface area contributed by atoms with Gasteiger partial charge >= 0.3 is 0 Å². The zero-order valence-corrected chi connectivity index (χ0v) is 13.1. The van der Waals surface area contributed by atoms with E-state index in [1.54, 1.807) is 4.90 Å². The number of hydrogen-bond acceptors (Lipinski definition) is 4. The normalized spacial score (nSPS) is 20.4. The molecule has 1 saturated heterocycles. The lowest BCUT2D eigenvalue weighted by Crippen LogP contribution is -2.38. The Morgan fingerprint density at radius 2 is 2.10 bits per heavy atom. The summed E-state index contributed by atoms with van der Waals surface area (Å²) in [5, 5.41) is 0. The van der Waals surface area contributed by atoms with Gasteiger partial charge in [0.25, 0.3) is 0 Å². The van der Waals surface area contributed by atoms with Gasteiger partial charge in [0.15, 0.2) is 9.84 Å². The highest BCUT2D eigenvalue weighted by Gasteiger charge is 2.35. The van der Waals surface area contributed by atoms with Crippen LogP contribution in [0.4, 0.5) is 5.69 Å². The number of amides is 1. The number of nitrogens with zero attached hydrogens (tertiary/aromatic N) is 1. The third kappa shape index (κ3) is 3.83. The smallest absolute Gasteiger partial charge is 0.231 e. The summed E-state index contributed by atoms with van der Waals surface area (Å²) in [4.78, 5) is 14.4. The fourth-order valence-corrected chi connectivity index (χ4v) is 4.41. The molecule has 1 aromatic rings. The van der Waals surface area contributed by atoms with E-state index in [0.717, 1.165) is 11.3 Å². The molecule has 1 fully saturated rings. The summed E-state index contributed by atoms with van der Waals surface area (Å²) >= 11 is 0. The molecule has 1 aliphatic rings. The molecule has 1 aliphatic heterocycles. The van der Waals surface area contributed by atoms with Crippen LogP contribution < -0.4 is 10.6 Å². The van der Waals surface area contributed by atoms with Gasteiger partial charge in [-0.05, 0) is 37.9 Å². The third-order valence-electron chi connectivity index (χ3n) is 3.84. The van der Waals surface area contributed by atoms with Gasteiger partial charge in [0, 0.05) is 12.2 Å². The highest BCUT2D eigenvalue weighted by molar-refractivity contribution is 7.91. The Morgan fingerprint density at radius 3 is 2.67 bits per heavy atom. The van der Waals surface area contributed by atoms with Crippen molar-refractivity contribution in [2.45, 2.75) is 19.8 Å². The van der Waals surface area contributed by atoms with Crippen molar-refractivity contribution in [3.05, 3.63) is 29.8 Å². The maximum atomic E-state index is 12.7. The van der Waals surface area contributed by atoms with Crippen LogP contribution in [0.25, 0.3) is 0 Å². The van der Waals surface area contributed by atoms with Crippen molar-refractivity contribution in [3.63, 3.8) is 0 Å². The van der Waals surface area contributed by atoms with Crippen LogP contribution >= 0.6 is 0 Å². The number of benzene rings is 1. The van der Waals surface area contributed by atoms with Gasteiger partial charge < -0.3 is 10.6 Å². The van der Waals surface area contributed by atoms with Crippen LogP contribution in [0.3, 0.4) is 0 Å². The van der Waals surface area contributed by atoms with E-state index in [9.17, 15) is 13.2 Å². The molecule has 1 heterocycles. The summed E-state index contributed by atoms with van der Waals surface area (Å²) in [7, 11) is -3.06. The Bertz CT molecular complexity index is 613. The minimum Gasteiger partial charge on any atom is -0.330 e. The lowest BCUT2D eigenvalue weighted by molar-refractivity contribution is -0.121. The van der Waals surface area contributed by atoms with Crippen LogP contribution in [0.1, 0.15) is 18.4 Å². The van der Waals surface area contributed by atoms with E-state index in [1.807, 2.05) is 31.2 Å². The number of aryl methyl sites for hydroxylation is 1. The van der Waals surface area contributed by atoms with Crippen molar-refractivity contribution in [1.29, 1.82) is 0 Å². The van der Waals surface area contributed by atoms with Gasteiger partial charge in [-0.15, -0.1) is 0 Å². The number of rotatable bonds is 5. The van der Waals surface area contributed by atoms with Crippen LogP contribution in [0, 0.1) is 12.8 Å². The van der Waals surface area contributed by atoms with Crippen molar-refractivity contribution in [1.82, 2.24) is 0 Å². The Morgan fingerprint density at radius 1 is 1.38 bits per heavy atom. The number of anilines is 1. The van der Waals surface area contributed by atoms with Crippen molar-refractivity contribution in [3.8, 4) is 0 Å². The van der Waals surface area contributed by atoms with E-state index < -0.39 is 15.8 Å².